The third-order valence-corrected chi connectivity index (χ3v) is 1.23. The van der Waals surface area contributed by atoms with Crippen molar-refractivity contribution >= 4 is 22.0 Å². The highest BCUT2D eigenvalue weighted by atomic mass is 32.2. The zero-order valence-electron chi connectivity index (χ0n) is 3.38. The summed E-state index contributed by atoms with van der Waals surface area (Å²) in [6, 6.07) is 0. The molecule has 2 nitrogen and oxygen atoms in total. The predicted molar refractivity (Wildman–Crippen MR) is 26.7 cm³/mol. The molecule has 0 unspecified atom stereocenters. The van der Waals surface area contributed by atoms with Crippen LogP contribution in [0.1, 0.15) is 0 Å². The molecule has 1 rings (SSSR count). The van der Waals surface area contributed by atoms with Gasteiger partial charge >= 0.3 is 0 Å². The Hall–Kier alpha value is -0.570. The van der Waals surface area contributed by atoms with Crippen LogP contribution in [0.15, 0.2) is 12.2 Å². The second-order valence-electron chi connectivity index (χ2n) is 1.07. The van der Waals surface area contributed by atoms with Crippen molar-refractivity contribution in [3.8, 4) is 0 Å². The molecule has 7 heavy (non-hydrogen) atoms. The molecule has 0 aliphatic carbocycles. The van der Waals surface area contributed by atoms with Crippen LogP contribution in [0.4, 0.5) is 0 Å². The molecule has 36 valence electrons. The Labute approximate surface area is 44.6 Å². The standard InChI is InChI=1S/C4H2O2S/c5-3-1-2-4(6)7-3/h1-2H. The molecule has 0 saturated heterocycles. The van der Waals surface area contributed by atoms with Crippen molar-refractivity contribution < 1.29 is 9.59 Å². The van der Waals surface area contributed by atoms with Gasteiger partial charge in [0.2, 0.25) is 10.2 Å². The molecule has 0 aromatic heterocycles. The van der Waals surface area contributed by atoms with Gasteiger partial charge in [0.1, 0.15) is 0 Å². The van der Waals surface area contributed by atoms with E-state index in [2.05, 4.69) is 0 Å². The van der Waals surface area contributed by atoms with Crippen LogP contribution < -0.4 is 0 Å². The Kier molecular flexibility index (Phi) is 0.982. The lowest BCUT2D eigenvalue weighted by atomic mass is 10.6. The van der Waals surface area contributed by atoms with E-state index in [0.29, 0.717) is 0 Å². The zero-order valence-corrected chi connectivity index (χ0v) is 4.20. The van der Waals surface area contributed by atoms with Crippen LogP contribution in [0.3, 0.4) is 0 Å². The third-order valence-electron chi connectivity index (χ3n) is 0.557. The summed E-state index contributed by atoms with van der Waals surface area (Å²) < 4.78 is 0. The number of hydrogen-bond acceptors (Lipinski definition) is 3. The first-order valence-corrected chi connectivity index (χ1v) is 2.54. The predicted octanol–water partition coefficient (Wildman–Crippen LogP) is 0.343. The summed E-state index contributed by atoms with van der Waals surface area (Å²) in [5, 5.41) is -0.324. The molecule has 0 fully saturated rings. The average Bonchev–Trinajstić information content (AvgIpc) is 1.87. The molecule has 0 saturated carbocycles. The molecule has 3 heteroatoms. The van der Waals surface area contributed by atoms with Gasteiger partial charge < -0.3 is 0 Å². The van der Waals surface area contributed by atoms with Gasteiger partial charge in [-0.3, -0.25) is 9.59 Å². The molecule has 0 bridgehead atoms. The van der Waals surface area contributed by atoms with E-state index in [1.165, 1.54) is 12.2 Å². The average molecular weight is 114 g/mol. The molecular formula is C4H2O2S. The van der Waals surface area contributed by atoms with E-state index in [9.17, 15) is 9.59 Å². The smallest absolute Gasteiger partial charge is 0.220 e. The summed E-state index contributed by atoms with van der Waals surface area (Å²) in [4.78, 5) is 20.2. The van der Waals surface area contributed by atoms with Crippen LogP contribution in [0.5, 0.6) is 0 Å². The van der Waals surface area contributed by atoms with Gasteiger partial charge in [0.25, 0.3) is 0 Å². The largest absolute Gasteiger partial charge is 0.282 e. The van der Waals surface area contributed by atoms with E-state index in [1.54, 1.807) is 0 Å². The monoisotopic (exact) mass is 114 g/mol. The summed E-state index contributed by atoms with van der Waals surface area (Å²) in [7, 11) is 0. The fourth-order valence-corrected chi connectivity index (χ4v) is 0.774. The highest BCUT2D eigenvalue weighted by Gasteiger charge is 2.10. The Balaban J connectivity index is 2.76. The molecule has 0 atom stereocenters. The van der Waals surface area contributed by atoms with E-state index in [4.69, 9.17) is 0 Å². The molecule has 0 spiro atoms. The Morgan fingerprint density at radius 3 is 1.71 bits per heavy atom. The van der Waals surface area contributed by atoms with E-state index in [-0.39, 0.29) is 10.2 Å². The molecule has 0 aromatic carbocycles. The van der Waals surface area contributed by atoms with Crippen molar-refractivity contribution in [2.75, 3.05) is 0 Å². The molecule has 0 aromatic rings. The van der Waals surface area contributed by atoms with E-state index >= 15 is 0 Å². The number of hydrogen-bond donors (Lipinski definition) is 0. The number of thioether (sulfide) groups is 1. The van der Waals surface area contributed by atoms with Gasteiger partial charge in [0.05, 0.1) is 0 Å². The van der Waals surface area contributed by atoms with Crippen LogP contribution in [0.2, 0.25) is 0 Å². The first kappa shape index (κ1) is 4.59. The summed E-state index contributed by atoms with van der Waals surface area (Å²) in [5.41, 5.74) is 0. The number of carbonyl (C=O) groups excluding carboxylic acids is 2. The van der Waals surface area contributed by atoms with Gasteiger partial charge in [-0.15, -0.1) is 0 Å². The van der Waals surface area contributed by atoms with Gasteiger partial charge in [0.15, 0.2) is 0 Å². The topological polar surface area (TPSA) is 34.1 Å². The molecule has 1 aliphatic rings. The zero-order chi connectivity index (χ0) is 5.28. The Bertz CT molecular complexity index is 132. The molecule has 0 radical (unpaired) electrons. The van der Waals surface area contributed by atoms with Crippen LogP contribution in [-0.2, 0) is 9.59 Å². The Morgan fingerprint density at radius 2 is 1.57 bits per heavy atom. The first-order chi connectivity index (χ1) is 3.29. The van der Waals surface area contributed by atoms with Crippen molar-refractivity contribution in [1.29, 1.82) is 0 Å². The minimum absolute atomic E-state index is 0.162. The van der Waals surface area contributed by atoms with Gasteiger partial charge in [0, 0.05) is 0 Å². The lowest BCUT2D eigenvalue weighted by Crippen LogP contribution is -1.78. The van der Waals surface area contributed by atoms with Crippen molar-refractivity contribution in [3.63, 3.8) is 0 Å². The first-order valence-electron chi connectivity index (χ1n) is 1.73. The maximum Gasteiger partial charge on any atom is 0.220 e. The van der Waals surface area contributed by atoms with E-state index in [1.807, 2.05) is 0 Å². The summed E-state index contributed by atoms with van der Waals surface area (Å²) in [6.07, 6.45) is 2.54. The molecule has 1 aliphatic heterocycles. The maximum atomic E-state index is 10.1. The lowest BCUT2D eigenvalue weighted by molar-refractivity contribution is -0.107. The third kappa shape index (κ3) is 0.899. The van der Waals surface area contributed by atoms with Gasteiger partial charge in [-0.25, -0.2) is 0 Å². The minimum atomic E-state index is -0.162. The number of rotatable bonds is 0. The van der Waals surface area contributed by atoms with Gasteiger partial charge in [-0.1, -0.05) is 0 Å². The fraction of sp³-hybridized carbons (Fsp3) is 0. The van der Waals surface area contributed by atoms with Crippen molar-refractivity contribution in [1.82, 2.24) is 0 Å². The minimum Gasteiger partial charge on any atom is -0.282 e. The molecule has 0 N–H and O–H groups in total. The van der Waals surface area contributed by atoms with Crippen LogP contribution >= 0.6 is 11.8 Å². The second kappa shape index (κ2) is 1.50. The highest BCUT2D eigenvalue weighted by molar-refractivity contribution is 8.27. The second-order valence-corrected chi connectivity index (χ2v) is 2.08. The quantitative estimate of drug-likeness (QED) is 0.455. The van der Waals surface area contributed by atoms with Gasteiger partial charge in [-0.05, 0) is 23.9 Å². The fourth-order valence-electron chi connectivity index (χ4n) is 0.303. The van der Waals surface area contributed by atoms with E-state index < -0.39 is 0 Å². The van der Waals surface area contributed by atoms with Crippen molar-refractivity contribution in [2.45, 2.75) is 0 Å². The van der Waals surface area contributed by atoms with Crippen molar-refractivity contribution in [2.24, 2.45) is 0 Å². The van der Waals surface area contributed by atoms with Crippen LogP contribution in [-0.4, -0.2) is 10.2 Å². The number of carbonyl (C=O) groups is 2. The SMILES string of the molecule is O=C1C=CC(=O)S1. The van der Waals surface area contributed by atoms with Crippen LogP contribution in [0.25, 0.3) is 0 Å². The summed E-state index contributed by atoms with van der Waals surface area (Å²) >= 11 is 0.731. The van der Waals surface area contributed by atoms with Crippen molar-refractivity contribution in [3.05, 3.63) is 12.2 Å². The maximum absolute atomic E-state index is 10.1. The van der Waals surface area contributed by atoms with E-state index in [0.717, 1.165) is 11.8 Å². The molecule has 0 amide bonds. The highest BCUT2D eigenvalue weighted by Crippen LogP contribution is 2.11. The van der Waals surface area contributed by atoms with Crippen LogP contribution in [0, 0.1) is 0 Å². The summed E-state index contributed by atoms with van der Waals surface area (Å²) in [5.74, 6) is 0. The Morgan fingerprint density at radius 1 is 1.14 bits per heavy atom. The summed E-state index contributed by atoms with van der Waals surface area (Å²) in [6.45, 7) is 0. The lowest BCUT2D eigenvalue weighted by Gasteiger charge is -1.71. The normalized spacial score (nSPS) is 18.9. The molecule has 1 heterocycles. The van der Waals surface area contributed by atoms with Gasteiger partial charge in [-0.2, -0.15) is 0 Å². The molecular weight excluding hydrogens is 112 g/mol.